The monoisotopic (exact) mass is 622 g/mol. The van der Waals surface area contributed by atoms with Gasteiger partial charge in [-0.25, -0.2) is 4.79 Å². The van der Waals surface area contributed by atoms with Crippen LogP contribution in [-0.4, -0.2) is 100.0 Å². The Morgan fingerprint density at radius 3 is 1.83 bits per heavy atom. The zero-order valence-electron chi connectivity index (χ0n) is 23.0. The summed E-state index contributed by atoms with van der Waals surface area (Å²) in [6.07, 6.45) is -0.122. The molecule has 234 valence electrons. The van der Waals surface area contributed by atoms with Gasteiger partial charge in [-0.3, -0.25) is 29.0 Å². The van der Waals surface area contributed by atoms with Crippen molar-refractivity contribution < 1.29 is 39.0 Å². The van der Waals surface area contributed by atoms with Gasteiger partial charge in [0.1, 0.15) is 24.2 Å². The summed E-state index contributed by atoms with van der Waals surface area (Å²) in [5.74, 6) is -6.51. The highest BCUT2D eigenvalue weighted by Crippen LogP contribution is 2.11. The van der Waals surface area contributed by atoms with Crippen LogP contribution in [0.15, 0.2) is 4.99 Å². The molecule has 0 spiro atoms. The Labute approximate surface area is 249 Å². The number of carbonyl (C=O) groups is 6. The van der Waals surface area contributed by atoms with Crippen molar-refractivity contribution in [1.82, 2.24) is 21.3 Å². The first-order chi connectivity index (χ1) is 19.2. The molecule has 0 aromatic carbocycles. The third kappa shape index (κ3) is 14.8. The van der Waals surface area contributed by atoms with Crippen molar-refractivity contribution in [1.29, 1.82) is 0 Å². The molecule has 0 aromatic heterocycles. The van der Waals surface area contributed by atoms with Gasteiger partial charge in [0, 0.05) is 24.5 Å². The highest BCUT2D eigenvalue weighted by Gasteiger charge is 2.33. The van der Waals surface area contributed by atoms with E-state index in [1.54, 1.807) is 13.8 Å². The number of thiol groups is 2. The lowest BCUT2D eigenvalue weighted by Gasteiger charge is -2.28. The van der Waals surface area contributed by atoms with Crippen molar-refractivity contribution in [3.05, 3.63) is 0 Å². The number of carbonyl (C=O) groups excluding carboxylic acids is 4. The molecule has 0 fully saturated rings. The summed E-state index contributed by atoms with van der Waals surface area (Å²) < 4.78 is 0. The second-order valence-electron chi connectivity index (χ2n) is 9.25. The van der Waals surface area contributed by atoms with Crippen molar-refractivity contribution in [2.24, 2.45) is 28.1 Å². The Morgan fingerprint density at radius 2 is 1.34 bits per heavy atom. The van der Waals surface area contributed by atoms with E-state index in [1.165, 1.54) is 0 Å². The van der Waals surface area contributed by atoms with Gasteiger partial charge in [-0.2, -0.15) is 25.3 Å². The average molecular weight is 623 g/mol. The maximum Gasteiger partial charge on any atom is 0.327 e. The van der Waals surface area contributed by atoms with E-state index in [0.717, 1.165) is 0 Å². The second-order valence-corrected chi connectivity index (χ2v) is 9.98. The van der Waals surface area contributed by atoms with Gasteiger partial charge in [-0.15, -0.1) is 0 Å². The number of guanidine groups is 1. The number of carboxylic acid groups (broad SMARTS) is 2. The van der Waals surface area contributed by atoms with E-state index in [2.05, 4.69) is 51.5 Å². The maximum absolute atomic E-state index is 13.4. The number of hydrogen-bond acceptors (Lipinski definition) is 10. The van der Waals surface area contributed by atoms with Crippen LogP contribution < -0.4 is 38.5 Å². The van der Waals surface area contributed by atoms with E-state index in [4.69, 9.17) is 22.3 Å². The molecule has 0 unspecified atom stereocenters. The normalized spacial score (nSPS) is 15.1. The van der Waals surface area contributed by atoms with Gasteiger partial charge in [0.15, 0.2) is 5.96 Å². The number of carboxylic acids is 2. The molecule has 0 aliphatic carbocycles. The van der Waals surface area contributed by atoms with Crippen LogP contribution in [0.2, 0.25) is 0 Å². The zero-order valence-corrected chi connectivity index (χ0v) is 24.8. The molecule has 0 radical (unpaired) electrons. The van der Waals surface area contributed by atoms with Crippen molar-refractivity contribution >= 4 is 66.8 Å². The molecule has 6 atom stereocenters. The fourth-order valence-electron chi connectivity index (χ4n) is 3.35. The number of nitrogens with two attached hydrogens (primary N) is 3. The summed E-state index contributed by atoms with van der Waals surface area (Å²) in [6, 6.07) is -6.15. The molecule has 0 bridgehead atoms. The molecule has 0 aliphatic rings. The lowest BCUT2D eigenvalue weighted by molar-refractivity contribution is -0.142. The Balaban J connectivity index is 6.01. The van der Waals surface area contributed by atoms with E-state index in [1.807, 2.05) is 0 Å². The summed E-state index contributed by atoms with van der Waals surface area (Å²) in [6.45, 7) is 3.55. The van der Waals surface area contributed by atoms with Crippen LogP contribution in [0, 0.1) is 5.92 Å². The number of aliphatic carboxylic acids is 2. The van der Waals surface area contributed by atoms with E-state index in [0.29, 0.717) is 6.42 Å². The van der Waals surface area contributed by atoms with Gasteiger partial charge in [-0.05, 0) is 25.2 Å². The van der Waals surface area contributed by atoms with Crippen LogP contribution in [0.3, 0.4) is 0 Å². The first kappa shape index (κ1) is 37.8. The van der Waals surface area contributed by atoms with Crippen LogP contribution in [-0.2, 0) is 28.8 Å². The third-order valence-corrected chi connectivity index (χ3v) is 6.74. The predicted octanol–water partition coefficient (Wildman–Crippen LogP) is -2.84. The molecule has 0 aromatic rings. The maximum atomic E-state index is 13.4. The molecule has 0 saturated carbocycles. The van der Waals surface area contributed by atoms with E-state index in [-0.39, 0.29) is 43.3 Å². The molecule has 12 N–H and O–H groups in total. The smallest absolute Gasteiger partial charge is 0.327 e. The van der Waals surface area contributed by atoms with Crippen LogP contribution in [0.5, 0.6) is 0 Å². The van der Waals surface area contributed by atoms with Gasteiger partial charge in [0.2, 0.25) is 23.6 Å². The molecule has 0 heterocycles. The molecule has 0 saturated heterocycles. The lowest BCUT2D eigenvalue weighted by atomic mass is 9.97. The Hall–Kier alpha value is -3.25. The van der Waals surface area contributed by atoms with Gasteiger partial charge in [0.05, 0.1) is 6.04 Å². The number of amides is 4. The van der Waals surface area contributed by atoms with Gasteiger partial charge < -0.3 is 48.7 Å². The van der Waals surface area contributed by atoms with Crippen LogP contribution >= 0.6 is 25.3 Å². The predicted molar refractivity (Wildman–Crippen MR) is 157 cm³/mol. The minimum atomic E-state index is -1.35. The SMILES string of the molecule is CC[C@H](C)[C@H](NC(=O)[C@H](CCCN=C(N)N)NC(=O)[C@H](CCC(=O)O)NC(=O)[C@@H](N)CS)C(=O)N[C@@H](CS)C(=O)O. The number of rotatable bonds is 20. The van der Waals surface area contributed by atoms with Crippen molar-refractivity contribution in [3.63, 3.8) is 0 Å². The lowest BCUT2D eigenvalue weighted by Crippen LogP contribution is -2.59. The number of nitrogens with one attached hydrogen (secondary N) is 4. The standard InChI is InChI=1S/C23H42N8O8S2/c1-3-11(2)17(21(37)30-15(10-41)22(38)39)31-20(36)13(5-4-8-27-23(25)26)29-19(35)14(6-7-16(32)33)28-18(34)12(24)9-40/h11-15,17,40-41H,3-10,24H2,1-2H3,(H,28,34)(H,29,35)(H,30,37)(H,31,36)(H,32,33)(H,38,39)(H4,25,26,27)/t11-,12-,13-,14-,15-,17-/m0/s1. The molecule has 16 nitrogen and oxygen atoms in total. The molecule has 0 aliphatic heterocycles. The third-order valence-electron chi connectivity index (χ3n) is 5.98. The minimum Gasteiger partial charge on any atom is -0.481 e. The highest BCUT2D eigenvalue weighted by molar-refractivity contribution is 7.80. The van der Waals surface area contributed by atoms with Crippen LogP contribution in [0.1, 0.15) is 46.0 Å². The Bertz CT molecular complexity index is 951. The summed E-state index contributed by atoms with van der Waals surface area (Å²) in [7, 11) is 0. The number of hydrogen-bond donors (Lipinski definition) is 11. The molecule has 4 amide bonds. The first-order valence-electron chi connectivity index (χ1n) is 12.9. The van der Waals surface area contributed by atoms with Gasteiger partial charge in [-0.1, -0.05) is 20.3 Å². The summed E-state index contributed by atoms with van der Waals surface area (Å²) in [5, 5.41) is 28.1. The van der Waals surface area contributed by atoms with E-state index < -0.39 is 78.1 Å². The molecule has 18 heteroatoms. The summed E-state index contributed by atoms with van der Waals surface area (Å²) in [5.41, 5.74) is 16.3. The molecular weight excluding hydrogens is 580 g/mol. The second kappa shape index (κ2) is 19.8. The van der Waals surface area contributed by atoms with E-state index >= 15 is 0 Å². The number of aliphatic imine (C=N–C) groups is 1. The molecular formula is C23H42N8O8S2. The Kier molecular flexibility index (Phi) is 18.2. The van der Waals surface area contributed by atoms with Crippen molar-refractivity contribution in [3.8, 4) is 0 Å². The topological polar surface area (TPSA) is 281 Å². The fraction of sp³-hybridized carbons (Fsp3) is 0.696. The quantitative estimate of drug-likeness (QED) is 0.0285. The van der Waals surface area contributed by atoms with Crippen molar-refractivity contribution in [2.45, 2.75) is 76.2 Å². The summed E-state index contributed by atoms with van der Waals surface area (Å²) in [4.78, 5) is 78.1. The zero-order chi connectivity index (χ0) is 31.7. The van der Waals surface area contributed by atoms with Crippen LogP contribution in [0.4, 0.5) is 0 Å². The first-order valence-corrected chi connectivity index (χ1v) is 14.1. The summed E-state index contributed by atoms with van der Waals surface area (Å²) >= 11 is 7.87. The van der Waals surface area contributed by atoms with Gasteiger partial charge >= 0.3 is 11.9 Å². The average Bonchev–Trinajstić information content (AvgIpc) is 2.92. The number of nitrogens with zero attached hydrogens (tertiary/aromatic N) is 1. The molecule has 41 heavy (non-hydrogen) atoms. The highest BCUT2D eigenvalue weighted by atomic mass is 32.1. The Morgan fingerprint density at radius 1 is 0.805 bits per heavy atom. The van der Waals surface area contributed by atoms with Crippen molar-refractivity contribution in [2.75, 3.05) is 18.1 Å². The van der Waals surface area contributed by atoms with E-state index in [9.17, 15) is 33.9 Å². The minimum absolute atomic E-state index is 0.00661. The van der Waals surface area contributed by atoms with Gasteiger partial charge in [0.25, 0.3) is 0 Å². The fourth-order valence-corrected chi connectivity index (χ4v) is 3.76. The van der Waals surface area contributed by atoms with Crippen LogP contribution in [0.25, 0.3) is 0 Å². The largest absolute Gasteiger partial charge is 0.481 e. The molecule has 0 rings (SSSR count).